The number of methoxy groups -OCH3 is 1. The van der Waals surface area contributed by atoms with Gasteiger partial charge in [-0.1, -0.05) is 31.4 Å². The summed E-state index contributed by atoms with van der Waals surface area (Å²) in [5.41, 5.74) is 1.10. The van der Waals surface area contributed by atoms with Crippen LogP contribution in [0.5, 0.6) is 5.75 Å². The van der Waals surface area contributed by atoms with Crippen LogP contribution in [0, 0.1) is 0 Å². The van der Waals surface area contributed by atoms with Crippen LogP contribution in [-0.2, 0) is 16.0 Å². The third-order valence-electron chi connectivity index (χ3n) is 3.42. The number of hydrogen-bond acceptors (Lipinski definition) is 4. The van der Waals surface area contributed by atoms with Gasteiger partial charge in [0.05, 0.1) is 7.11 Å². The van der Waals surface area contributed by atoms with Gasteiger partial charge in [-0.25, -0.2) is 0 Å². The van der Waals surface area contributed by atoms with Crippen molar-refractivity contribution in [2.75, 3.05) is 20.2 Å². The Kier molecular flexibility index (Phi) is 6.54. The van der Waals surface area contributed by atoms with Crippen LogP contribution < -0.4 is 10.1 Å². The van der Waals surface area contributed by atoms with Gasteiger partial charge in [-0.3, -0.25) is 4.79 Å². The molecule has 0 radical (unpaired) electrons. The number of carbonyl (C=O) groups is 1. The van der Waals surface area contributed by atoms with Crippen LogP contribution in [0.25, 0.3) is 0 Å². The van der Waals surface area contributed by atoms with E-state index in [4.69, 9.17) is 4.74 Å². The highest BCUT2D eigenvalue weighted by Gasteiger charge is 2.15. The first kappa shape index (κ1) is 15.8. The molecule has 1 aliphatic carbocycles. The van der Waals surface area contributed by atoms with E-state index in [2.05, 4.69) is 10.1 Å². The summed E-state index contributed by atoms with van der Waals surface area (Å²) in [6.07, 6.45) is 6.91. The molecular weight excluding hydrogens is 266 g/mol. The average molecular weight is 291 g/mol. The minimum Gasteiger partial charge on any atom is -0.489 e. The van der Waals surface area contributed by atoms with Crippen LogP contribution in [0.1, 0.15) is 37.7 Å². The molecule has 1 heterocycles. The Balaban J connectivity index is 0.000000477. The lowest BCUT2D eigenvalue weighted by molar-refractivity contribution is -0.140. The molecule has 1 aromatic carbocycles. The number of hydrogen-bond donors (Lipinski definition) is 1. The van der Waals surface area contributed by atoms with Crippen LogP contribution in [-0.4, -0.2) is 32.3 Å². The van der Waals surface area contributed by atoms with Gasteiger partial charge in [0.2, 0.25) is 0 Å². The summed E-state index contributed by atoms with van der Waals surface area (Å²) in [4.78, 5) is 11.1. The van der Waals surface area contributed by atoms with Gasteiger partial charge in [0.15, 0.2) is 0 Å². The van der Waals surface area contributed by atoms with Gasteiger partial charge in [-0.15, -0.1) is 0 Å². The SMILES string of the molecule is C1CC1.COC(=O)CCc1cccc(OC2CCNC2)c1. The number of rotatable bonds is 5. The van der Waals surface area contributed by atoms with Crippen molar-refractivity contribution >= 4 is 5.97 Å². The zero-order valence-corrected chi connectivity index (χ0v) is 12.8. The normalized spacial score (nSPS) is 19.4. The van der Waals surface area contributed by atoms with E-state index < -0.39 is 0 Å². The summed E-state index contributed by atoms with van der Waals surface area (Å²) in [6.45, 7) is 1.93. The van der Waals surface area contributed by atoms with Gasteiger partial charge < -0.3 is 14.8 Å². The topological polar surface area (TPSA) is 47.6 Å². The molecule has 0 aromatic heterocycles. The van der Waals surface area contributed by atoms with E-state index >= 15 is 0 Å². The molecule has 1 aliphatic heterocycles. The summed E-state index contributed by atoms with van der Waals surface area (Å²) in [5.74, 6) is 0.701. The third-order valence-corrected chi connectivity index (χ3v) is 3.42. The summed E-state index contributed by atoms with van der Waals surface area (Å²) >= 11 is 0. The van der Waals surface area contributed by atoms with Crippen LogP contribution in [0.4, 0.5) is 0 Å². The average Bonchev–Trinajstić information content (AvgIpc) is 3.31. The molecule has 2 aliphatic rings. The van der Waals surface area contributed by atoms with Crippen LogP contribution in [0.3, 0.4) is 0 Å². The second-order valence-corrected chi connectivity index (χ2v) is 5.52. The molecule has 1 atom stereocenters. The number of aryl methyl sites for hydroxylation is 1. The van der Waals surface area contributed by atoms with Crippen molar-refractivity contribution in [2.24, 2.45) is 0 Å². The van der Waals surface area contributed by atoms with E-state index in [0.717, 1.165) is 30.8 Å². The van der Waals surface area contributed by atoms with Crippen LogP contribution in [0.2, 0.25) is 0 Å². The number of esters is 1. The largest absolute Gasteiger partial charge is 0.489 e. The number of benzene rings is 1. The molecule has 0 spiro atoms. The van der Waals surface area contributed by atoms with Crippen molar-refractivity contribution in [1.82, 2.24) is 5.32 Å². The lowest BCUT2D eigenvalue weighted by Crippen LogP contribution is -2.19. The molecule has 1 unspecified atom stereocenters. The molecule has 3 rings (SSSR count). The first-order valence-electron chi connectivity index (χ1n) is 7.81. The molecule has 4 heteroatoms. The maximum atomic E-state index is 11.1. The maximum absolute atomic E-state index is 11.1. The maximum Gasteiger partial charge on any atom is 0.305 e. The summed E-state index contributed by atoms with van der Waals surface area (Å²) in [7, 11) is 1.41. The predicted molar refractivity (Wildman–Crippen MR) is 82.5 cm³/mol. The quantitative estimate of drug-likeness (QED) is 0.847. The standard InChI is InChI=1S/C14H19NO3.C3H6/c1-17-14(16)6-5-11-3-2-4-12(9-11)18-13-7-8-15-10-13;1-2-3-1/h2-4,9,13,15H,5-8,10H2,1H3;1-3H2. The van der Waals surface area contributed by atoms with Crippen molar-refractivity contribution in [2.45, 2.75) is 44.6 Å². The fourth-order valence-corrected chi connectivity index (χ4v) is 2.04. The smallest absolute Gasteiger partial charge is 0.305 e. The minimum absolute atomic E-state index is 0.179. The van der Waals surface area contributed by atoms with Gasteiger partial charge >= 0.3 is 5.97 Å². The molecule has 1 saturated heterocycles. The Morgan fingerprint density at radius 3 is 2.76 bits per heavy atom. The predicted octanol–water partition coefficient (Wildman–Crippen LogP) is 2.70. The molecule has 2 fully saturated rings. The molecule has 21 heavy (non-hydrogen) atoms. The summed E-state index contributed by atoms with van der Waals surface area (Å²) in [6, 6.07) is 7.92. The molecule has 116 valence electrons. The number of carbonyl (C=O) groups excluding carboxylic acids is 1. The van der Waals surface area contributed by atoms with E-state index in [0.29, 0.717) is 12.8 Å². The zero-order valence-electron chi connectivity index (χ0n) is 12.8. The lowest BCUT2D eigenvalue weighted by atomic mass is 10.1. The highest BCUT2D eigenvalue weighted by Crippen LogP contribution is 2.18. The molecule has 1 N–H and O–H groups in total. The fourth-order valence-electron chi connectivity index (χ4n) is 2.04. The second kappa shape index (κ2) is 8.67. The van der Waals surface area contributed by atoms with Gasteiger partial charge in [0.25, 0.3) is 0 Å². The van der Waals surface area contributed by atoms with E-state index in [-0.39, 0.29) is 12.1 Å². The molecule has 0 bridgehead atoms. The fraction of sp³-hybridized carbons (Fsp3) is 0.588. The first-order valence-corrected chi connectivity index (χ1v) is 7.81. The van der Waals surface area contributed by atoms with Crippen molar-refractivity contribution < 1.29 is 14.3 Å². The third kappa shape index (κ3) is 6.63. The zero-order chi connectivity index (χ0) is 14.9. The van der Waals surface area contributed by atoms with E-state index in [1.807, 2.05) is 24.3 Å². The molecule has 1 aromatic rings. The monoisotopic (exact) mass is 291 g/mol. The van der Waals surface area contributed by atoms with Crippen molar-refractivity contribution in [3.63, 3.8) is 0 Å². The summed E-state index contributed by atoms with van der Waals surface area (Å²) < 4.78 is 10.5. The molecule has 1 saturated carbocycles. The van der Waals surface area contributed by atoms with Crippen LogP contribution in [0.15, 0.2) is 24.3 Å². The van der Waals surface area contributed by atoms with E-state index in [1.165, 1.54) is 26.4 Å². The van der Waals surface area contributed by atoms with Crippen molar-refractivity contribution in [3.8, 4) is 5.75 Å². The van der Waals surface area contributed by atoms with E-state index in [1.54, 1.807) is 0 Å². The van der Waals surface area contributed by atoms with Crippen molar-refractivity contribution in [1.29, 1.82) is 0 Å². The van der Waals surface area contributed by atoms with Gasteiger partial charge in [0.1, 0.15) is 11.9 Å². The van der Waals surface area contributed by atoms with Gasteiger partial charge in [0, 0.05) is 13.0 Å². The molecule has 4 nitrogen and oxygen atoms in total. The number of nitrogens with one attached hydrogen (secondary N) is 1. The second-order valence-electron chi connectivity index (χ2n) is 5.52. The molecule has 0 amide bonds. The van der Waals surface area contributed by atoms with E-state index in [9.17, 15) is 4.79 Å². The molecular formula is C17H25NO3. The van der Waals surface area contributed by atoms with Crippen LogP contribution >= 0.6 is 0 Å². The summed E-state index contributed by atoms with van der Waals surface area (Å²) in [5, 5.41) is 3.27. The Labute approximate surface area is 126 Å². The Hall–Kier alpha value is -1.55. The Morgan fingerprint density at radius 1 is 1.33 bits per heavy atom. The first-order chi connectivity index (χ1) is 10.3. The van der Waals surface area contributed by atoms with Crippen molar-refractivity contribution in [3.05, 3.63) is 29.8 Å². The van der Waals surface area contributed by atoms with Gasteiger partial charge in [-0.05, 0) is 37.1 Å². The highest BCUT2D eigenvalue weighted by molar-refractivity contribution is 5.69. The Bertz CT molecular complexity index is 437. The highest BCUT2D eigenvalue weighted by atomic mass is 16.5. The lowest BCUT2D eigenvalue weighted by Gasteiger charge is -2.13. The number of ether oxygens (including phenoxy) is 2. The Morgan fingerprint density at radius 2 is 2.14 bits per heavy atom. The minimum atomic E-state index is -0.179. The van der Waals surface area contributed by atoms with Gasteiger partial charge in [-0.2, -0.15) is 0 Å².